The van der Waals surface area contributed by atoms with Crippen LogP contribution in [0.5, 0.6) is 5.75 Å². The van der Waals surface area contributed by atoms with E-state index >= 15 is 0 Å². The maximum atomic E-state index is 12.6. The number of ether oxygens (including phenoxy) is 1. The van der Waals surface area contributed by atoms with Gasteiger partial charge in [0, 0.05) is 17.8 Å². The number of hydrogen-bond donors (Lipinski definition) is 1. The van der Waals surface area contributed by atoms with Crippen LogP contribution in [0.3, 0.4) is 0 Å². The van der Waals surface area contributed by atoms with E-state index < -0.39 is 0 Å². The lowest BCUT2D eigenvalue weighted by atomic mass is 10.0. The quantitative estimate of drug-likeness (QED) is 0.359. The Balaban J connectivity index is 1.49. The first-order chi connectivity index (χ1) is 16.2. The highest BCUT2D eigenvalue weighted by Crippen LogP contribution is 2.29. The maximum absolute atomic E-state index is 12.6. The molecule has 7 heteroatoms. The summed E-state index contributed by atoms with van der Waals surface area (Å²) < 4.78 is 7.34. The van der Waals surface area contributed by atoms with Crippen molar-refractivity contribution in [3.63, 3.8) is 0 Å². The molecule has 4 aromatic rings. The Morgan fingerprint density at radius 3 is 2.45 bits per heavy atom. The van der Waals surface area contributed by atoms with Crippen molar-refractivity contribution in [1.82, 2.24) is 20.1 Å². The summed E-state index contributed by atoms with van der Waals surface area (Å²) >= 11 is 1.37. The van der Waals surface area contributed by atoms with Crippen LogP contribution >= 0.6 is 11.8 Å². The van der Waals surface area contributed by atoms with Gasteiger partial charge in [-0.3, -0.25) is 9.36 Å². The second-order valence-corrected chi connectivity index (χ2v) is 8.56. The van der Waals surface area contributed by atoms with Gasteiger partial charge >= 0.3 is 0 Å². The van der Waals surface area contributed by atoms with Crippen molar-refractivity contribution in [1.29, 1.82) is 0 Å². The largest absolute Gasteiger partial charge is 0.497 e. The number of carbonyl (C=O) groups excluding carboxylic acids is 1. The van der Waals surface area contributed by atoms with Crippen molar-refractivity contribution in [2.75, 3.05) is 19.4 Å². The van der Waals surface area contributed by atoms with Crippen LogP contribution in [0.4, 0.5) is 0 Å². The van der Waals surface area contributed by atoms with Gasteiger partial charge in [-0.15, -0.1) is 10.2 Å². The minimum atomic E-state index is -0.0340. The minimum absolute atomic E-state index is 0.0340. The van der Waals surface area contributed by atoms with Crippen molar-refractivity contribution in [2.45, 2.75) is 18.0 Å². The zero-order chi connectivity index (χ0) is 23.0. The van der Waals surface area contributed by atoms with Crippen LogP contribution in [-0.4, -0.2) is 40.1 Å². The Hall–Kier alpha value is -3.58. The minimum Gasteiger partial charge on any atom is -0.497 e. The van der Waals surface area contributed by atoms with Gasteiger partial charge < -0.3 is 10.1 Å². The number of para-hydroxylation sites is 1. The van der Waals surface area contributed by atoms with Crippen molar-refractivity contribution < 1.29 is 9.53 Å². The summed E-state index contributed by atoms with van der Waals surface area (Å²) in [5.41, 5.74) is 3.02. The highest BCUT2D eigenvalue weighted by atomic mass is 32.2. The summed E-state index contributed by atoms with van der Waals surface area (Å²) in [5, 5.41) is 12.5. The van der Waals surface area contributed by atoms with E-state index in [1.807, 2.05) is 77.4 Å². The van der Waals surface area contributed by atoms with Gasteiger partial charge in [0.2, 0.25) is 5.91 Å². The molecule has 0 bridgehead atoms. The number of amides is 1. The Morgan fingerprint density at radius 1 is 1.00 bits per heavy atom. The van der Waals surface area contributed by atoms with Gasteiger partial charge in [0.15, 0.2) is 11.0 Å². The molecular weight excluding hydrogens is 432 g/mol. The van der Waals surface area contributed by atoms with Gasteiger partial charge in [0.05, 0.1) is 12.9 Å². The smallest absolute Gasteiger partial charge is 0.230 e. The monoisotopic (exact) mass is 458 g/mol. The first-order valence-electron chi connectivity index (χ1n) is 10.8. The Kier molecular flexibility index (Phi) is 7.42. The third-order valence-corrected chi connectivity index (χ3v) is 6.21. The molecule has 0 aliphatic carbocycles. The summed E-state index contributed by atoms with van der Waals surface area (Å²) in [6.45, 7) is 2.69. The first-order valence-corrected chi connectivity index (χ1v) is 11.7. The molecule has 0 saturated heterocycles. The van der Waals surface area contributed by atoms with Crippen LogP contribution < -0.4 is 10.1 Å². The van der Waals surface area contributed by atoms with Crippen molar-refractivity contribution in [3.05, 3.63) is 90.5 Å². The highest BCUT2D eigenvalue weighted by molar-refractivity contribution is 7.99. The van der Waals surface area contributed by atoms with Gasteiger partial charge in [-0.05, 0) is 35.7 Å². The molecule has 6 nitrogen and oxygen atoms in total. The van der Waals surface area contributed by atoms with E-state index in [1.54, 1.807) is 7.11 Å². The number of thioether (sulfide) groups is 1. The van der Waals surface area contributed by atoms with Crippen LogP contribution in [0.25, 0.3) is 17.1 Å². The molecule has 0 spiro atoms. The van der Waals surface area contributed by atoms with Gasteiger partial charge in [0.25, 0.3) is 0 Å². The maximum Gasteiger partial charge on any atom is 0.230 e. The van der Waals surface area contributed by atoms with E-state index in [0.29, 0.717) is 17.5 Å². The number of benzene rings is 3. The normalized spacial score (nSPS) is 11.7. The molecule has 1 unspecified atom stereocenters. The number of hydrogen-bond acceptors (Lipinski definition) is 5. The summed E-state index contributed by atoms with van der Waals surface area (Å²) in [5.74, 6) is 1.91. The number of methoxy groups -OCH3 is 1. The molecule has 0 saturated carbocycles. The molecule has 3 aromatic carbocycles. The van der Waals surface area contributed by atoms with Gasteiger partial charge in [0.1, 0.15) is 5.75 Å². The Bertz CT molecular complexity index is 1200. The van der Waals surface area contributed by atoms with Crippen molar-refractivity contribution in [2.24, 2.45) is 0 Å². The fraction of sp³-hybridized carbons (Fsp3) is 0.192. The standard InChI is InChI=1S/C26H26N4O2S/c1-19(20-10-5-3-6-11-20)17-27-24(31)18-33-26-29-28-25(21-12-9-15-23(16-21)32-2)30(26)22-13-7-4-8-14-22/h3-16,19H,17-18H2,1-2H3,(H,27,31). The molecule has 33 heavy (non-hydrogen) atoms. The molecular formula is C26H26N4O2S. The lowest BCUT2D eigenvalue weighted by Crippen LogP contribution is -2.29. The summed E-state index contributed by atoms with van der Waals surface area (Å²) in [7, 11) is 1.64. The number of aromatic nitrogens is 3. The summed E-state index contributed by atoms with van der Waals surface area (Å²) in [6, 6.07) is 27.8. The molecule has 1 aromatic heterocycles. The zero-order valence-electron chi connectivity index (χ0n) is 18.6. The highest BCUT2D eigenvalue weighted by Gasteiger charge is 2.18. The average molecular weight is 459 g/mol. The molecule has 0 aliphatic rings. The molecule has 1 amide bonds. The Labute approximate surface area is 198 Å². The fourth-order valence-electron chi connectivity index (χ4n) is 3.47. The molecule has 0 fully saturated rings. The number of carbonyl (C=O) groups is 1. The predicted molar refractivity (Wildman–Crippen MR) is 132 cm³/mol. The summed E-state index contributed by atoms with van der Waals surface area (Å²) in [4.78, 5) is 12.6. The van der Waals surface area contributed by atoms with E-state index in [4.69, 9.17) is 4.74 Å². The first kappa shape index (κ1) is 22.6. The van der Waals surface area contributed by atoms with Gasteiger partial charge in [-0.1, -0.05) is 79.3 Å². The Morgan fingerprint density at radius 2 is 1.73 bits per heavy atom. The van der Waals surface area contributed by atoms with E-state index in [1.165, 1.54) is 17.3 Å². The lowest BCUT2D eigenvalue weighted by molar-refractivity contribution is -0.118. The molecule has 0 radical (unpaired) electrons. The SMILES string of the molecule is COc1cccc(-c2nnc(SCC(=O)NCC(C)c3ccccc3)n2-c2ccccc2)c1. The van der Waals surface area contributed by atoms with Crippen LogP contribution in [-0.2, 0) is 4.79 Å². The van der Waals surface area contributed by atoms with Crippen LogP contribution in [0.1, 0.15) is 18.4 Å². The zero-order valence-corrected chi connectivity index (χ0v) is 19.5. The van der Waals surface area contributed by atoms with E-state index in [0.717, 1.165) is 17.0 Å². The molecule has 1 atom stereocenters. The number of nitrogens with one attached hydrogen (secondary N) is 1. The number of rotatable bonds is 9. The van der Waals surface area contributed by atoms with E-state index in [9.17, 15) is 4.79 Å². The van der Waals surface area contributed by atoms with Crippen molar-refractivity contribution in [3.8, 4) is 22.8 Å². The fourth-order valence-corrected chi connectivity index (χ4v) is 4.25. The summed E-state index contributed by atoms with van der Waals surface area (Å²) in [6.07, 6.45) is 0. The third kappa shape index (κ3) is 5.62. The molecule has 1 heterocycles. The number of nitrogens with zero attached hydrogens (tertiary/aromatic N) is 3. The molecule has 0 aliphatic heterocycles. The van der Waals surface area contributed by atoms with Gasteiger partial charge in [-0.25, -0.2) is 0 Å². The van der Waals surface area contributed by atoms with E-state index in [2.05, 4.69) is 34.6 Å². The molecule has 1 N–H and O–H groups in total. The van der Waals surface area contributed by atoms with Gasteiger partial charge in [-0.2, -0.15) is 0 Å². The van der Waals surface area contributed by atoms with Crippen LogP contribution in [0.15, 0.2) is 90.1 Å². The topological polar surface area (TPSA) is 69.0 Å². The predicted octanol–water partition coefficient (Wildman–Crippen LogP) is 4.95. The lowest BCUT2D eigenvalue weighted by Gasteiger charge is -2.13. The molecule has 4 rings (SSSR count). The second-order valence-electron chi connectivity index (χ2n) is 7.61. The second kappa shape index (κ2) is 10.8. The van der Waals surface area contributed by atoms with Crippen LogP contribution in [0, 0.1) is 0 Å². The van der Waals surface area contributed by atoms with E-state index in [-0.39, 0.29) is 17.6 Å². The molecule has 168 valence electrons. The van der Waals surface area contributed by atoms with Crippen LogP contribution in [0.2, 0.25) is 0 Å². The van der Waals surface area contributed by atoms with Crippen molar-refractivity contribution >= 4 is 17.7 Å². The average Bonchev–Trinajstić information content (AvgIpc) is 3.31. The third-order valence-electron chi connectivity index (χ3n) is 5.28.